The number of carbonyl (C=O) groups excluding carboxylic acids is 2. The van der Waals surface area contributed by atoms with Crippen LogP contribution in [0.15, 0.2) is 59.8 Å². The molecule has 2 aliphatic rings. The second-order valence-corrected chi connectivity index (χ2v) is 8.58. The molecule has 0 unspecified atom stereocenters. The minimum atomic E-state index is -0.917. The molecule has 4 heterocycles. The van der Waals surface area contributed by atoms with Gasteiger partial charge >= 0.3 is 0 Å². The summed E-state index contributed by atoms with van der Waals surface area (Å²) >= 11 is 0. The average Bonchev–Trinajstić information content (AvgIpc) is 3.09. The summed E-state index contributed by atoms with van der Waals surface area (Å²) in [6.07, 6.45) is 4.12. The first-order valence-corrected chi connectivity index (χ1v) is 11.0. The van der Waals surface area contributed by atoms with Crippen LogP contribution in [0.3, 0.4) is 0 Å². The summed E-state index contributed by atoms with van der Waals surface area (Å²) in [6.45, 7) is -0.471. The van der Waals surface area contributed by atoms with Gasteiger partial charge in [-0.2, -0.15) is 0 Å². The molecule has 4 atom stereocenters. The third-order valence-corrected chi connectivity index (χ3v) is 6.63. The molecule has 11 heteroatoms. The zero-order valence-electron chi connectivity index (χ0n) is 18.3. The van der Waals surface area contributed by atoms with Gasteiger partial charge in [0.1, 0.15) is 17.3 Å². The number of fused-ring (bicyclic) bond motifs is 4. The van der Waals surface area contributed by atoms with Crippen LogP contribution in [0.25, 0.3) is 0 Å². The van der Waals surface area contributed by atoms with Crippen LogP contribution in [-0.2, 0) is 17.9 Å². The second-order valence-electron chi connectivity index (χ2n) is 8.58. The fourth-order valence-electron chi connectivity index (χ4n) is 5.20. The first-order chi connectivity index (χ1) is 16.9. The van der Waals surface area contributed by atoms with Crippen LogP contribution in [0.4, 0.5) is 8.78 Å². The Morgan fingerprint density at radius 1 is 1.14 bits per heavy atom. The summed E-state index contributed by atoms with van der Waals surface area (Å²) in [5.41, 5.74) is 0.472. The van der Waals surface area contributed by atoms with Gasteiger partial charge in [0.05, 0.1) is 24.2 Å². The Morgan fingerprint density at radius 3 is 2.60 bits per heavy atom. The molecule has 5 rings (SSSR count). The summed E-state index contributed by atoms with van der Waals surface area (Å²) in [7, 11) is 0. The number of aromatic nitrogens is 3. The van der Waals surface area contributed by atoms with Gasteiger partial charge in [-0.15, -0.1) is 0 Å². The third-order valence-electron chi connectivity index (χ3n) is 6.63. The molecular formula is C24H21F2N5O4. The molecular weight excluding hydrogens is 460 g/mol. The molecule has 1 fully saturated rings. The zero-order chi connectivity index (χ0) is 24.7. The van der Waals surface area contributed by atoms with Crippen LogP contribution in [-0.4, -0.2) is 49.0 Å². The Bertz CT molecular complexity index is 1330. The standard InChI is InChI=1S/C24H21F2N5O4/c25-14-6-13(7-15(26)8-14)9-29-23(34)21-16(12-32)19-11-30-18(2-1-3-20(30)33)22(21)31(19)24(35)17-10-27-4-5-28-17/h1-8,10,16,19,21-22,32H,9,11-12H2,(H,29,34)/t16-,19-,21+,22+/m1/s1. The van der Waals surface area contributed by atoms with E-state index in [1.807, 2.05) is 0 Å². The maximum absolute atomic E-state index is 13.6. The number of pyridine rings is 1. The van der Waals surface area contributed by atoms with Crippen molar-refractivity contribution >= 4 is 11.8 Å². The van der Waals surface area contributed by atoms with E-state index in [-0.39, 0.29) is 29.9 Å². The van der Waals surface area contributed by atoms with Crippen molar-refractivity contribution in [1.82, 2.24) is 24.8 Å². The fraction of sp³-hybridized carbons (Fsp3) is 0.292. The lowest BCUT2D eigenvalue weighted by atomic mass is 9.86. The lowest BCUT2D eigenvalue weighted by molar-refractivity contribution is -0.127. The Kier molecular flexibility index (Phi) is 5.85. The number of nitrogens with one attached hydrogen (secondary N) is 1. The smallest absolute Gasteiger partial charge is 0.274 e. The van der Waals surface area contributed by atoms with Crippen LogP contribution >= 0.6 is 0 Å². The summed E-state index contributed by atoms with van der Waals surface area (Å²) in [5, 5.41) is 13.0. The molecule has 9 nitrogen and oxygen atoms in total. The number of nitrogens with zero attached hydrogens (tertiary/aromatic N) is 4. The predicted molar refractivity (Wildman–Crippen MR) is 118 cm³/mol. The van der Waals surface area contributed by atoms with Crippen LogP contribution in [0.2, 0.25) is 0 Å². The Morgan fingerprint density at radius 2 is 1.91 bits per heavy atom. The normalized spacial score (nSPS) is 22.5. The predicted octanol–water partition coefficient (Wildman–Crippen LogP) is 1.04. The molecule has 180 valence electrons. The minimum Gasteiger partial charge on any atom is -0.396 e. The Labute approximate surface area is 198 Å². The number of amides is 2. The van der Waals surface area contributed by atoms with Gasteiger partial charge < -0.3 is 19.9 Å². The lowest BCUT2D eigenvalue weighted by Gasteiger charge is -2.37. The topological polar surface area (TPSA) is 117 Å². The second kappa shape index (κ2) is 8.99. The number of aliphatic hydroxyl groups is 1. The molecule has 2 amide bonds. The highest BCUT2D eigenvalue weighted by Gasteiger charge is 2.57. The van der Waals surface area contributed by atoms with E-state index in [1.165, 1.54) is 34.1 Å². The van der Waals surface area contributed by atoms with Crippen molar-refractivity contribution in [2.24, 2.45) is 11.8 Å². The molecule has 1 saturated heterocycles. The van der Waals surface area contributed by atoms with E-state index < -0.39 is 54.0 Å². The van der Waals surface area contributed by atoms with Gasteiger partial charge in [0.2, 0.25) is 5.91 Å². The van der Waals surface area contributed by atoms with E-state index in [2.05, 4.69) is 15.3 Å². The molecule has 35 heavy (non-hydrogen) atoms. The lowest BCUT2D eigenvalue weighted by Crippen LogP contribution is -2.49. The molecule has 3 aromatic rings. The van der Waals surface area contributed by atoms with E-state index in [9.17, 15) is 28.3 Å². The number of rotatable bonds is 5. The van der Waals surface area contributed by atoms with Crippen LogP contribution in [0.1, 0.15) is 27.8 Å². The molecule has 2 aromatic heterocycles. The first kappa shape index (κ1) is 22.8. The maximum Gasteiger partial charge on any atom is 0.274 e. The average molecular weight is 481 g/mol. The van der Waals surface area contributed by atoms with Gasteiger partial charge in [0, 0.05) is 55.8 Å². The van der Waals surface area contributed by atoms with Gasteiger partial charge in [-0.25, -0.2) is 13.8 Å². The molecule has 0 spiro atoms. The van der Waals surface area contributed by atoms with Crippen LogP contribution in [0, 0.1) is 23.5 Å². The largest absolute Gasteiger partial charge is 0.396 e. The van der Waals surface area contributed by atoms with Crippen molar-refractivity contribution in [3.63, 3.8) is 0 Å². The van der Waals surface area contributed by atoms with Crippen molar-refractivity contribution in [1.29, 1.82) is 0 Å². The maximum atomic E-state index is 13.6. The van der Waals surface area contributed by atoms with Crippen molar-refractivity contribution in [2.45, 2.75) is 25.2 Å². The number of hydrogen-bond acceptors (Lipinski definition) is 6. The third kappa shape index (κ3) is 3.97. The van der Waals surface area contributed by atoms with Gasteiger partial charge in [-0.1, -0.05) is 6.07 Å². The van der Waals surface area contributed by atoms with Crippen LogP contribution in [0.5, 0.6) is 0 Å². The van der Waals surface area contributed by atoms with E-state index in [0.717, 1.165) is 18.2 Å². The van der Waals surface area contributed by atoms with E-state index >= 15 is 0 Å². The zero-order valence-corrected chi connectivity index (χ0v) is 18.3. The first-order valence-electron chi connectivity index (χ1n) is 11.0. The molecule has 0 aliphatic carbocycles. The number of aliphatic hydroxyl groups excluding tert-OH is 1. The highest BCUT2D eigenvalue weighted by atomic mass is 19.1. The fourth-order valence-corrected chi connectivity index (χ4v) is 5.20. The van der Waals surface area contributed by atoms with E-state index in [0.29, 0.717) is 5.69 Å². The summed E-state index contributed by atoms with van der Waals surface area (Å²) < 4.78 is 28.7. The van der Waals surface area contributed by atoms with Crippen molar-refractivity contribution < 1.29 is 23.5 Å². The van der Waals surface area contributed by atoms with Gasteiger partial charge in [0.25, 0.3) is 11.5 Å². The number of benzene rings is 1. The van der Waals surface area contributed by atoms with Crippen molar-refractivity contribution in [3.8, 4) is 0 Å². The molecule has 2 aliphatic heterocycles. The SMILES string of the molecule is O=C(NCc1cc(F)cc(F)c1)[C@H]1[C@H](CO)[C@H]2Cn3c(cccc3=O)[C@@H]1N2C(=O)c1cnccn1. The van der Waals surface area contributed by atoms with Gasteiger partial charge in [0.15, 0.2) is 0 Å². The number of carbonyl (C=O) groups is 2. The van der Waals surface area contributed by atoms with Gasteiger partial charge in [-0.05, 0) is 23.8 Å². The summed E-state index contributed by atoms with van der Waals surface area (Å²) in [4.78, 5) is 49.0. The monoisotopic (exact) mass is 481 g/mol. The summed E-state index contributed by atoms with van der Waals surface area (Å²) in [5.74, 6) is -4.13. The highest BCUT2D eigenvalue weighted by molar-refractivity contribution is 5.94. The van der Waals surface area contributed by atoms with Crippen LogP contribution < -0.4 is 10.9 Å². The molecule has 2 bridgehead atoms. The number of hydrogen-bond donors (Lipinski definition) is 2. The number of halogens is 2. The van der Waals surface area contributed by atoms with Crippen molar-refractivity contribution in [2.75, 3.05) is 6.61 Å². The van der Waals surface area contributed by atoms with Gasteiger partial charge in [-0.3, -0.25) is 19.4 Å². The Balaban J connectivity index is 1.53. The molecule has 2 N–H and O–H groups in total. The highest BCUT2D eigenvalue weighted by Crippen LogP contribution is 2.48. The molecule has 1 aromatic carbocycles. The van der Waals surface area contributed by atoms with E-state index in [4.69, 9.17) is 0 Å². The summed E-state index contributed by atoms with van der Waals surface area (Å²) in [6, 6.07) is 6.05. The minimum absolute atomic E-state index is 0.0715. The quantitative estimate of drug-likeness (QED) is 0.562. The molecule has 0 radical (unpaired) electrons. The molecule has 0 saturated carbocycles. The van der Waals surface area contributed by atoms with E-state index in [1.54, 1.807) is 12.1 Å². The van der Waals surface area contributed by atoms with Crippen molar-refractivity contribution in [3.05, 3.63) is 93.9 Å². The Hall–Kier alpha value is -3.99.